The van der Waals surface area contributed by atoms with Crippen molar-refractivity contribution in [1.82, 2.24) is 0 Å². The van der Waals surface area contributed by atoms with Crippen LogP contribution in [0.25, 0.3) is 0 Å². The van der Waals surface area contributed by atoms with Gasteiger partial charge in [-0.2, -0.15) is 13.2 Å². The summed E-state index contributed by atoms with van der Waals surface area (Å²) in [4.78, 5) is 0. The minimum atomic E-state index is -4.54. The van der Waals surface area contributed by atoms with Crippen molar-refractivity contribution in [1.29, 1.82) is 0 Å². The van der Waals surface area contributed by atoms with Crippen molar-refractivity contribution in [3.8, 4) is 0 Å². The monoisotopic (exact) mass is 219 g/mol. The number of alkyl halides is 3. The molecule has 0 saturated carbocycles. The Morgan fingerprint density at radius 1 is 1.33 bits per heavy atom. The van der Waals surface area contributed by atoms with Gasteiger partial charge in [0.1, 0.15) is 5.82 Å². The van der Waals surface area contributed by atoms with Crippen LogP contribution in [0.15, 0.2) is 30.9 Å². The van der Waals surface area contributed by atoms with Crippen molar-refractivity contribution < 1.29 is 17.6 Å². The highest BCUT2D eigenvalue weighted by molar-refractivity contribution is 5.34. The summed E-state index contributed by atoms with van der Waals surface area (Å²) in [6.07, 6.45) is -3.41. The van der Waals surface area contributed by atoms with Gasteiger partial charge < -0.3 is 5.73 Å². The molecule has 1 aromatic carbocycles. The predicted molar refractivity (Wildman–Crippen MR) is 48.5 cm³/mol. The fourth-order valence-corrected chi connectivity index (χ4v) is 1.19. The van der Waals surface area contributed by atoms with Gasteiger partial charge in [0.05, 0.1) is 5.56 Å². The summed E-state index contributed by atoms with van der Waals surface area (Å²) in [7, 11) is 0. The van der Waals surface area contributed by atoms with Crippen molar-refractivity contribution in [3.05, 3.63) is 47.8 Å². The van der Waals surface area contributed by atoms with Crippen LogP contribution in [-0.2, 0) is 6.18 Å². The van der Waals surface area contributed by atoms with E-state index in [1.54, 1.807) is 0 Å². The molecule has 0 aromatic heterocycles. The molecular formula is C10H9F4N. The highest BCUT2D eigenvalue weighted by atomic mass is 19.4. The molecule has 0 fully saturated rings. The zero-order valence-corrected chi connectivity index (χ0v) is 7.68. The maximum absolute atomic E-state index is 12.8. The zero-order valence-electron chi connectivity index (χ0n) is 7.68. The Hall–Kier alpha value is -1.36. The largest absolute Gasteiger partial charge is 0.416 e. The lowest BCUT2D eigenvalue weighted by Gasteiger charge is -2.15. The summed E-state index contributed by atoms with van der Waals surface area (Å²) in [5.74, 6) is -0.754. The zero-order chi connectivity index (χ0) is 11.6. The molecule has 0 heterocycles. The third kappa shape index (κ3) is 2.56. The summed E-state index contributed by atoms with van der Waals surface area (Å²) in [6.45, 7) is 3.28. The van der Waals surface area contributed by atoms with Crippen molar-refractivity contribution in [2.45, 2.75) is 12.2 Å². The first-order valence-corrected chi connectivity index (χ1v) is 4.11. The highest BCUT2D eigenvalue weighted by Gasteiger charge is 2.34. The summed E-state index contributed by atoms with van der Waals surface area (Å²) in [5, 5.41) is 0. The van der Waals surface area contributed by atoms with Gasteiger partial charge in [-0.15, -0.1) is 6.58 Å². The van der Waals surface area contributed by atoms with E-state index in [0.29, 0.717) is 6.07 Å². The highest BCUT2D eigenvalue weighted by Crippen LogP contribution is 2.34. The van der Waals surface area contributed by atoms with E-state index in [1.807, 2.05) is 0 Å². The van der Waals surface area contributed by atoms with Crippen molar-refractivity contribution in [3.63, 3.8) is 0 Å². The number of rotatable bonds is 2. The van der Waals surface area contributed by atoms with E-state index >= 15 is 0 Å². The Kier molecular flexibility index (Phi) is 3.14. The normalized spacial score (nSPS) is 13.7. The molecule has 1 atom stereocenters. The Morgan fingerprint density at radius 2 is 1.93 bits per heavy atom. The average molecular weight is 219 g/mol. The topological polar surface area (TPSA) is 26.0 Å². The van der Waals surface area contributed by atoms with Crippen LogP contribution < -0.4 is 5.73 Å². The van der Waals surface area contributed by atoms with E-state index in [-0.39, 0.29) is 5.56 Å². The minimum absolute atomic E-state index is 0.308. The Balaban J connectivity index is 3.33. The molecule has 0 amide bonds. The second kappa shape index (κ2) is 4.02. The van der Waals surface area contributed by atoms with E-state index in [9.17, 15) is 17.6 Å². The summed E-state index contributed by atoms with van der Waals surface area (Å²) >= 11 is 0. The molecule has 0 aliphatic carbocycles. The van der Waals surface area contributed by atoms with E-state index in [0.717, 1.165) is 18.2 Å². The summed E-state index contributed by atoms with van der Waals surface area (Å²) in [5.41, 5.74) is 4.13. The Labute approximate surface area is 84.2 Å². The first-order chi connectivity index (χ1) is 6.86. The fraction of sp³-hybridized carbons (Fsp3) is 0.200. The maximum atomic E-state index is 12.8. The van der Waals surface area contributed by atoms with Gasteiger partial charge in [0.25, 0.3) is 0 Å². The summed E-state index contributed by atoms with van der Waals surface area (Å²) < 4.78 is 50.2. The summed E-state index contributed by atoms with van der Waals surface area (Å²) in [6, 6.07) is 1.17. The number of hydrogen-bond acceptors (Lipinski definition) is 1. The van der Waals surface area contributed by atoms with Crippen LogP contribution in [0.1, 0.15) is 17.2 Å². The van der Waals surface area contributed by atoms with Crippen LogP contribution in [0.2, 0.25) is 0 Å². The lowest BCUT2D eigenvalue weighted by atomic mass is 10.0. The Morgan fingerprint density at radius 3 is 2.40 bits per heavy atom. The standard InChI is InChI=1S/C10H9F4N/c1-2-9(15)7-5-6(11)3-4-8(7)10(12,13)14/h2-5,9H,1,15H2/t9-/m1/s1. The van der Waals surface area contributed by atoms with Gasteiger partial charge >= 0.3 is 6.18 Å². The van der Waals surface area contributed by atoms with Crippen molar-refractivity contribution in [2.24, 2.45) is 5.73 Å². The Bertz CT molecular complexity index is 370. The first-order valence-electron chi connectivity index (χ1n) is 4.11. The number of hydrogen-bond donors (Lipinski definition) is 1. The van der Waals surface area contributed by atoms with Gasteiger partial charge in [0.15, 0.2) is 0 Å². The average Bonchev–Trinajstić information content (AvgIpc) is 2.14. The number of halogens is 4. The van der Waals surface area contributed by atoms with E-state index in [2.05, 4.69) is 6.58 Å². The quantitative estimate of drug-likeness (QED) is 0.600. The molecule has 0 spiro atoms. The molecule has 1 nitrogen and oxygen atoms in total. The van der Waals surface area contributed by atoms with Gasteiger partial charge in [0, 0.05) is 6.04 Å². The van der Waals surface area contributed by atoms with Gasteiger partial charge in [-0.05, 0) is 23.8 Å². The lowest BCUT2D eigenvalue weighted by Crippen LogP contribution is -2.16. The second-order valence-corrected chi connectivity index (χ2v) is 2.99. The van der Waals surface area contributed by atoms with Crippen molar-refractivity contribution >= 4 is 0 Å². The van der Waals surface area contributed by atoms with Crippen LogP contribution in [0.4, 0.5) is 17.6 Å². The van der Waals surface area contributed by atoms with Crippen molar-refractivity contribution in [2.75, 3.05) is 0 Å². The molecule has 0 aliphatic heterocycles. The molecule has 5 heteroatoms. The molecule has 2 N–H and O–H groups in total. The maximum Gasteiger partial charge on any atom is 0.416 e. The first kappa shape index (κ1) is 11.7. The number of nitrogens with two attached hydrogens (primary N) is 1. The molecule has 15 heavy (non-hydrogen) atoms. The predicted octanol–water partition coefficient (Wildman–Crippen LogP) is 3.03. The molecule has 0 saturated heterocycles. The molecule has 1 aromatic rings. The molecule has 0 bridgehead atoms. The SMILES string of the molecule is C=C[C@@H](N)c1cc(F)ccc1C(F)(F)F. The molecule has 0 aliphatic rings. The lowest BCUT2D eigenvalue weighted by molar-refractivity contribution is -0.138. The minimum Gasteiger partial charge on any atom is -0.321 e. The molecule has 1 rings (SSSR count). The van der Waals surface area contributed by atoms with E-state index in [4.69, 9.17) is 5.73 Å². The molecular weight excluding hydrogens is 210 g/mol. The van der Waals surface area contributed by atoms with Crippen LogP contribution in [0, 0.1) is 5.82 Å². The smallest absolute Gasteiger partial charge is 0.321 e. The van der Waals surface area contributed by atoms with Crippen LogP contribution in [-0.4, -0.2) is 0 Å². The van der Waals surface area contributed by atoms with Crippen LogP contribution >= 0.6 is 0 Å². The molecule has 82 valence electrons. The molecule has 0 radical (unpaired) electrons. The van der Waals surface area contributed by atoms with Gasteiger partial charge in [-0.25, -0.2) is 4.39 Å². The fourth-order valence-electron chi connectivity index (χ4n) is 1.19. The van der Waals surface area contributed by atoms with Gasteiger partial charge in [-0.3, -0.25) is 0 Å². The molecule has 0 unspecified atom stereocenters. The third-order valence-corrected chi connectivity index (χ3v) is 1.93. The third-order valence-electron chi connectivity index (χ3n) is 1.93. The van der Waals surface area contributed by atoms with E-state index in [1.165, 1.54) is 0 Å². The van der Waals surface area contributed by atoms with Crippen LogP contribution in [0.3, 0.4) is 0 Å². The van der Waals surface area contributed by atoms with Gasteiger partial charge in [0.2, 0.25) is 0 Å². The van der Waals surface area contributed by atoms with Gasteiger partial charge in [-0.1, -0.05) is 6.08 Å². The number of benzene rings is 1. The van der Waals surface area contributed by atoms with Crippen LogP contribution in [0.5, 0.6) is 0 Å². The van der Waals surface area contributed by atoms with E-state index < -0.39 is 23.6 Å². The second-order valence-electron chi connectivity index (χ2n) is 2.99.